The topological polar surface area (TPSA) is 109 Å². The van der Waals surface area contributed by atoms with Crippen molar-refractivity contribution in [3.05, 3.63) is 35.3 Å². The van der Waals surface area contributed by atoms with Gasteiger partial charge in [-0.15, -0.1) is 0 Å². The maximum Gasteiger partial charge on any atom is 0.345 e. The van der Waals surface area contributed by atoms with Crippen LogP contribution in [0.25, 0.3) is 11.3 Å². The van der Waals surface area contributed by atoms with E-state index in [2.05, 4.69) is 22.1 Å². The molecule has 9 nitrogen and oxygen atoms in total. The van der Waals surface area contributed by atoms with Crippen LogP contribution in [0.15, 0.2) is 18.3 Å². The molecule has 2 aromatic rings. The van der Waals surface area contributed by atoms with Gasteiger partial charge in [0.25, 0.3) is 5.91 Å². The molecule has 0 spiro atoms. The Labute approximate surface area is 193 Å². The van der Waals surface area contributed by atoms with Crippen LogP contribution in [0, 0.1) is 0 Å². The molecule has 10 heteroatoms. The van der Waals surface area contributed by atoms with E-state index >= 15 is 0 Å². The van der Waals surface area contributed by atoms with Gasteiger partial charge in [-0.25, -0.2) is 4.79 Å². The van der Waals surface area contributed by atoms with Gasteiger partial charge in [-0.1, -0.05) is 0 Å². The number of hydrogen-bond donors (Lipinski definition) is 2. The number of nitrogens with zero attached hydrogens (tertiary/aromatic N) is 5. The fourth-order valence-corrected chi connectivity index (χ4v) is 4.86. The van der Waals surface area contributed by atoms with E-state index in [9.17, 15) is 14.0 Å². The molecule has 2 aliphatic heterocycles. The van der Waals surface area contributed by atoms with Crippen molar-refractivity contribution in [3.8, 4) is 11.3 Å². The van der Waals surface area contributed by atoms with Crippen molar-refractivity contribution in [2.75, 3.05) is 26.3 Å². The van der Waals surface area contributed by atoms with Gasteiger partial charge in [0.1, 0.15) is 5.69 Å². The van der Waals surface area contributed by atoms with Crippen LogP contribution < -0.4 is 11.1 Å². The van der Waals surface area contributed by atoms with Gasteiger partial charge in [0, 0.05) is 55.6 Å². The minimum Gasteiger partial charge on any atom is -0.364 e. The predicted molar refractivity (Wildman–Crippen MR) is 122 cm³/mol. The molecule has 0 saturated carbocycles. The molecule has 0 unspecified atom stereocenters. The number of hydrogen-bond acceptors (Lipinski definition) is 6. The molecular formula is C23H32FN7O2. The molecule has 1 fully saturated rings. The van der Waals surface area contributed by atoms with Gasteiger partial charge in [0.2, 0.25) is 0 Å². The Morgan fingerprint density at radius 2 is 2.00 bits per heavy atom. The summed E-state index contributed by atoms with van der Waals surface area (Å²) < 4.78 is 14.2. The lowest BCUT2D eigenvalue weighted by Gasteiger charge is -2.44. The first-order chi connectivity index (χ1) is 15.6. The summed E-state index contributed by atoms with van der Waals surface area (Å²) in [6, 6.07) is 3.27. The van der Waals surface area contributed by atoms with E-state index in [1.807, 2.05) is 25.7 Å². The lowest BCUT2D eigenvalue weighted by molar-refractivity contribution is 0.0603. The average Bonchev–Trinajstić information content (AvgIpc) is 3.32. The highest BCUT2D eigenvalue weighted by molar-refractivity contribution is 5.91. The second kappa shape index (κ2) is 8.83. The summed E-state index contributed by atoms with van der Waals surface area (Å²) in [5.74, 6) is -0.593. The first-order valence-electron chi connectivity index (χ1n) is 11.4. The van der Waals surface area contributed by atoms with Crippen molar-refractivity contribution < 1.29 is 14.0 Å². The van der Waals surface area contributed by atoms with Crippen molar-refractivity contribution >= 4 is 11.9 Å². The van der Waals surface area contributed by atoms with Crippen molar-refractivity contribution in [1.29, 1.82) is 0 Å². The van der Waals surface area contributed by atoms with Gasteiger partial charge in [0.05, 0.1) is 23.6 Å². The molecule has 4 rings (SSSR count). The molecule has 4 heterocycles. The summed E-state index contributed by atoms with van der Waals surface area (Å²) in [5.41, 5.74) is 8.23. The number of aromatic nitrogens is 3. The normalized spacial score (nSPS) is 22.4. The van der Waals surface area contributed by atoms with Crippen molar-refractivity contribution in [3.63, 3.8) is 0 Å². The van der Waals surface area contributed by atoms with E-state index in [-0.39, 0.29) is 30.5 Å². The molecule has 2 aliphatic rings. The number of alkyl halides is 1. The van der Waals surface area contributed by atoms with Gasteiger partial charge >= 0.3 is 6.03 Å². The maximum absolute atomic E-state index is 13.8. The highest BCUT2D eigenvalue weighted by Gasteiger charge is 2.41. The molecule has 33 heavy (non-hydrogen) atoms. The van der Waals surface area contributed by atoms with Gasteiger partial charge in [0.15, 0.2) is 0 Å². The summed E-state index contributed by atoms with van der Waals surface area (Å²) >= 11 is 0. The number of rotatable bonds is 5. The minimum absolute atomic E-state index is 0.0226. The zero-order valence-corrected chi connectivity index (χ0v) is 19.6. The summed E-state index contributed by atoms with van der Waals surface area (Å²) in [6.45, 7) is 10.3. The van der Waals surface area contributed by atoms with E-state index in [0.29, 0.717) is 38.3 Å². The third-order valence-corrected chi connectivity index (χ3v) is 6.69. The fourth-order valence-electron chi connectivity index (χ4n) is 4.86. The Balaban J connectivity index is 1.67. The van der Waals surface area contributed by atoms with Crippen LogP contribution in [-0.4, -0.2) is 74.9 Å². The summed E-state index contributed by atoms with van der Waals surface area (Å²) in [7, 11) is 0. The van der Waals surface area contributed by atoms with Gasteiger partial charge in [-0.2, -0.15) is 9.78 Å². The number of carbonyl (C=O) groups excluding carboxylic acids is 2. The van der Waals surface area contributed by atoms with E-state index < -0.39 is 11.4 Å². The molecule has 2 atom stereocenters. The summed E-state index contributed by atoms with van der Waals surface area (Å²) in [5, 5.41) is 8.20. The molecule has 2 aromatic heterocycles. The van der Waals surface area contributed by atoms with Crippen LogP contribution >= 0.6 is 0 Å². The largest absolute Gasteiger partial charge is 0.364 e. The lowest BCUT2D eigenvalue weighted by Crippen LogP contribution is -2.59. The summed E-state index contributed by atoms with van der Waals surface area (Å²) in [4.78, 5) is 33.4. The molecule has 0 bridgehead atoms. The third kappa shape index (κ3) is 4.24. The van der Waals surface area contributed by atoms with Crippen LogP contribution in [0.2, 0.25) is 0 Å². The third-order valence-electron chi connectivity index (χ3n) is 6.69. The molecule has 0 aliphatic carbocycles. The molecule has 3 N–H and O–H groups in total. The number of primary amides is 1. The molecule has 0 aromatic carbocycles. The number of piperazine rings is 1. The highest BCUT2D eigenvalue weighted by Crippen LogP contribution is 2.37. The number of fused-ring (bicyclic) bond motifs is 1. The van der Waals surface area contributed by atoms with Crippen molar-refractivity contribution in [2.45, 2.75) is 58.3 Å². The van der Waals surface area contributed by atoms with Crippen LogP contribution in [0.4, 0.5) is 9.18 Å². The minimum atomic E-state index is -0.593. The SMILES string of the molecule is C[C@@H]1CN(C(=O)n2nc(-c3ccc(C(N)=O)nc3)c3c2C(C)(C)NC3)[C@@H](C)CN1CCCF. The van der Waals surface area contributed by atoms with E-state index in [4.69, 9.17) is 10.8 Å². The van der Waals surface area contributed by atoms with E-state index in [1.165, 1.54) is 4.68 Å². The van der Waals surface area contributed by atoms with Crippen LogP contribution in [0.5, 0.6) is 0 Å². The molecule has 178 valence electrons. The van der Waals surface area contributed by atoms with Crippen molar-refractivity contribution in [2.24, 2.45) is 5.73 Å². The lowest BCUT2D eigenvalue weighted by atomic mass is 9.99. The van der Waals surface area contributed by atoms with Crippen LogP contribution in [-0.2, 0) is 12.1 Å². The quantitative estimate of drug-likeness (QED) is 0.712. The van der Waals surface area contributed by atoms with Gasteiger partial charge in [-0.3, -0.25) is 19.1 Å². The number of amides is 2. The second-order valence-electron chi connectivity index (χ2n) is 9.53. The number of pyridine rings is 1. The molecule has 2 amide bonds. The predicted octanol–water partition coefficient (Wildman–Crippen LogP) is 2.10. The zero-order chi connectivity index (χ0) is 23.9. The molecular weight excluding hydrogens is 425 g/mol. The Hall–Kier alpha value is -2.85. The number of nitrogens with two attached hydrogens (primary N) is 1. The Morgan fingerprint density at radius 3 is 2.64 bits per heavy atom. The Kier molecular flexibility index (Phi) is 6.24. The standard InChI is InChI=1S/C23H32FN7O2/c1-14-13-30(15(2)12-29(14)9-5-8-24)22(33)31-20-17(11-27-23(20,3)4)19(28-31)16-6-7-18(21(25)32)26-10-16/h6-7,10,14-15,27H,5,8-9,11-13H2,1-4H3,(H2,25,32)/t14-,15+/m1/s1. The molecule has 0 radical (unpaired) electrons. The first kappa shape index (κ1) is 23.3. The monoisotopic (exact) mass is 457 g/mol. The number of halogens is 1. The Morgan fingerprint density at radius 1 is 1.24 bits per heavy atom. The summed E-state index contributed by atoms with van der Waals surface area (Å²) in [6.07, 6.45) is 2.07. The fraction of sp³-hybridized carbons (Fsp3) is 0.565. The average molecular weight is 458 g/mol. The van der Waals surface area contributed by atoms with Gasteiger partial charge in [-0.05, 0) is 46.2 Å². The van der Waals surface area contributed by atoms with Crippen LogP contribution in [0.1, 0.15) is 55.9 Å². The molecule has 1 saturated heterocycles. The van der Waals surface area contributed by atoms with E-state index in [1.54, 1.807) is 18.3 Å². The maximum atomic E-state index is 13.8. The second-order valence-corrected chi connectivity index (χ2v) is 9.53. The van der Waals surface area contributed by atoms with E-state index in [0.717, 1.165) is 16.8 Å². The zero-order valence-electron chi connectivity index (χ0n) is 19.6. The first-order valence-corrected chi connectivity index (χ1v) is 11.4. The van der Waals surface area contributed by atoms with Gasteiger partial charge < -0.3 is 16.0 Å². The smallest absolute Gasteiger partial charge is 0.345 e. The van der Waals surface area contributed by atoms with Crippen LogP contribution in [0.3, 0.4) is 0 Å². The number of carbonyl (C=O) groups is 2. The van der Waals surface area contributed by atoms with Crippen molar-refractivity contribution in [1.82, 2.24) is 29.9 Å². The number of nitrogens with one attached hydrogen (secondary N) is 1. The highest BCUT2D eigenvalue weighted by atomic mass is 19.1. The Bertz CT molecular complexity index is 1050.